The van der Waals surface area contributed by atoms with Crippen molar-refractivity contribution in [2.45, 2.75) is 12.6 Å². The van der Waals surface area contributed by atoms with E-state index in [1.807, 2.05) is 0 Å². The number of hydrogen-bond donors (Lipinski definition) is 0. The molecule has 0 spiro atoms. The molecule has 3 nitrogen and oxygen atoms in total. The van der Waals surface area contributed by atoms with Crippen LogP contribution in [0.2, 0.25) is 0 Å². The minimum absolute atomic E-state index is 0.0518. The molecular weight excluding hydrogens is 168 g/mol. The molecule has 2 bridgehead atoms. The van der Waals surface area contributed by atoms with Gasteiger partial charge in [-0.3, -0.25) is 0 Å². The monoisotopic (exact) mass is 180 g/mol. The summed E-state index contributed by atoms with van der Waals surface area (Å²) in [5, 5.41) is 0. The summed E-state index contributed by atoms with van der Waals surface area (Å²) in [4.78, 5) is 0. The lowest BCUT2D eigenvalue weighted by atomic mass is 9.91. The fraction of sp³-hybridized carbons (Fsp3) is 0.800. The highest BCUT2D eigenvalue weighted by Gasteiger charge is 2.63. The van der Waals surface area contributed by atoms with Crippen LogP contribution in [0.25, 0.3) is 0 Å². The van der Waals surface area contributed by atoms with Gasteiger partial charge in [-0.05, 0) is 11.8 Å². The molecule has 3 heterocycles. The van der Waals surface area contributed by atoms with Crippen molar-refractivity contribution in [1.82, 2.24) is 0 Å². The van der Waals surface area contributed by atoms with Gasteiger partial charge >= 0.3 is 0 Å². The van der Waals surface area contributed by atoms with Gasteiger partial charge in [0.1, 0.15) is 0 Å². The zero-order valence-corrected chi connectivity index (χ0v) is 7.31. The average Bonchev–Trinajstić information content (AvgIpc) is 2.65. The van der Waals surface area contributed by atoms with Gasteiger partial charge in [-0.1, -0.05) is 12.2 Å². The van der Waals surface area contributed by atoms with Crippen molar-refractivity contribution in [2.24, 2.45) is 23.7 Å². The lowest BCUT2D eigenvalue weighted by molar-refractivity contribution is -0.246. The van der Waals surface area contributed by atoms with Crippen LogP contribution in [0.5, 0.6) is 0 Å². The molecule has 4 fully saturated rings. The van der Waals surface area contributed by atoms with Gasteiger partial charge in [0, 0.05) is 11.8 Å². The predicted octanol–water partition coefficient (Wildman–Crippen LogP) is 0.764. The summed E-state index contributed by atoms with van der Waals surface area (Å²) >= 11 is 0. The third-order valence-corrected chi connectivity index (χ3v) is 4.09. The van der Waals surface area contributed by atoms with E-state index in [0.717, 1.165) is 13.2 Å². The van der Waals surface area contributed by atoms with E-state index in [1.54, 1.807) is 0 Å². The first-order chi connectivity index (χ1) is 6.36. The molecule has 3 aliphatic heterocycles. The Morgan fingerprint density at radius 2 is 1.54 bits per heavy atom. The van der Waals surface area contributed by atoms with Crippen LogP contribution in [0.3, 0.4) is 0 Å². The van der Waals surface area contributed by atoms with Crippen LogP contribution in [-0.4, -0.2) is 25.8 Å². The molecule has 6 unspecified atom stereocenters. The van der Waals surface area contributed by atoms with E-state index in [9.17, 15) is 0 Å². The molecule has 0 radical (unpaired) electrons. The lowest BCUT2D eigenvalue weighted by Crippen LogP contribution is -2.36. The maximum Gasteiger partial charge on any atom is 0.167 e. The van der Waals surface area contributed by atoms with Gasteiger partial charge in [0.25, 0.3) is 0 Å². The molecule has 0 N–H and O–H groups in total. The normalized spacial score (nSPS) is 62.0. The Bertz CT molecular complexity index is 262. The van der Waals surface area contributed by atoms with Gasteiger partial charge < -0.3 is 14.2 Å². The minimum atomic E-state index is -0.0518. The molecular formula is C10H12O3. The van der Waals surface area contributed by atoms with E-state index in [4.69, 9.17) is 14.2 Å². The smallest absolute Gasteiger partial charge is 0.167 e. The number of rotatable bonds is 0. The quantitative estimate of drug-likeness (QED) is 0.515. The van der Waals surface area contributed by atoms with Crippen molar-refractivity contribution >= 4 is 0 Å². The van der Waals surface area contributed by atoms with Crippen LogP contribution < -0.4 is 0 Å². The second kappa shape index (κ2) is 2.00. The Labute approximate surface area is 76.7 Å². The van der Waals surface area contributed by atoms with E-state index < -0.39 is 0 Å². The standard InChI is InChI=1S/C10H12O3/c1-4-7-5-2-11-9(7)13-10-8(4)6(5)3-12-10/h5-10H,1-3H2. The summed E-state index contributed by atoms with van der Waals surface area (Å²) in [7, 11) is 0. The Morgan fingerprint density at radius 1 is 1.00 bits per heavy atom. The van der Waals surface area contributed by atoms with Crippen LogP contribution in [0.1, 0.15) is 0 Å². The van der Waals surface area contributed by atoms with Crippen LogP contribution in [0.15, 0.2) is 12.2 Å². The SMILES string of the molecule is C=C1C2C3OCC2C2COC(O3)C12. The maximum atomic E-state index is 5.72. The van der Waals surface area contributed by atoms with Crippen molar-refractivity contribution in [3.05, 3.63) is 12.2 Å². The molecule has 0 amide bonds. The van der Waals surface area contributed by atoms with E-state index in [0.29, 0.717) is 23.7 Å². The van der Waals surface area contributed by atoms with Crippen LogP contribution in [-0.2, 0) is 14.2 Å². The van der Waals surface area contributed by atoms with Gasteiger partial charge in [-0.15, -0.1) is 0 Å². The second-order valence-corrected chi connectivity index (χ2v) is 4.49. The molecule has 3 saturated heterocycles. The van der Waals surface area contributed by atoms with E-state index in [-0.39, 0.29) is 12.6 Å². The van der Waals surface area contributed by atoms with Crippen LogP contribution in [0.4, 0.5) is 0 Å². The van der Waals surface area contributed by atoms with E-state index in [1.165, 1.54) is 5.57 Å². The van der Waals surface area contributed by atoms with Crippen molar-refractivity contribution in [3.63, 3.8) is 0 Å². The Balaban J connectivity index is 1.89. The topological polar surface area (TPSA) is 27.7 Å². The fourth-order valence-corrected chi connectivity index (χ4v) is 3.51. The first-order valence-corrected chi connectivity index (χ1v) is 4.93. The van der Waals surface area contributed by atoms with Crippen molar-refractivity contribution in [1.29, 1.82) is 0 Å². The fourth-order valence-electron chi connectivity index (χ4n) is 3.51. The van der Waals surface area contributed by atoms with Crippen LogP contribution >= 0.6 is 0 Å². The number of fused-ring (bicyclic) bond motifs is 1. The summed E-state index contributed by atoms with van der Waals surface area (Å²) in [5.41, 5.74) is 1.33. The summed E-state index contributed by atoms with van der Waals surface area (Å²) in [6.45, 7) is 5.86. The summed E-state index contributed by atoms with van der Waals surface area (Å²) in [6.07, 6.45) is -0.104. The summed E-state index contributed by atoms with van der Waals surface area (Å²) in [5.74, 6) is 2.18. The molecule has 3 heteroatoms. The summed E-state index contributed by atoms with van der Waals surface area (Å²) in [6, 6.07) is 0. The molecule has 0 aromatic rings. The Hall–Kier alpha value is -0.380. The zero-order valence-electron chi connectivity index (χ0n) is 7.31. The molecule has 1 saturated carbocycles. The number of hydrogen-bond acceptors (Lipinski definition) is 3. The molecule has 6 atom stereocenters. The first-order valence-electron chi connectivity index (χ1n) is 4.93. The third-order valence-electron chi connectivity index (χ3n) is 4.09. The van der Waals surface area contributed by atoms with Gasteiger partial charge in [0.05, 0.1) is 13.2 Å². The Morgan fingerprint density at radius 3 is 2.08 bits per heavy atom. The van der Waals surface area contributed by atoms with Gasteiger partial charge in [-0.2, -0.15) is 0 Å². The molecule has 13 heavy (non-hydrogen) atoms. The second-order valence-electron chi connectivity index (χ2n) is 4.49. The van der Waals surface area contributed by atoms with Gasteiger partial charge in [0.2, 0.25) is 0 Å². The minimum Gasteiger partial charge on any atom is -0.352 e. The molecule has 4 aliphatic rings. The van der Waals surface area contributed by atoms with E-state index >= 15 is 0 Å². The van der Waals surface area contributed by atoms with Crippen molar-refractivity contribution in [2.75, 3.05) is 13.2 Å². The van der Waals surface area contributed by atoms with Crippen molar-refractivity contribution < 1.29 is 14.2 Å². The van der Waals surface area contributed by atoms with Crippen molar-refractivity contribution in [3.8, 4) is 0 Å². The molecule has 70 valence electrons. The Kier molecular flexibility index (Phi) is 1.07. The highest BCUT2D eigenvalue weighted by Crippen LogP contribution is 2.59. The number of ether oxygens (including phenoxy) is 3. The van der Waals surface area contributed by atoms with Crippen LogP contribution in [0, 0.1) is 23.7 Å². The van der Waals surface area contributed by atoms with E-state index in [2.05, 4.69) is 6.58 Å². The molecule has 1 aliphatic carbocycles. The third kappa shape index (κ3) is 0.621. The molecule has 4 rings (SSSR count). The molecule has 0 aromatic heterocycles. The summed E-state index contributed by atoms with van der Waals surface area (Å²) < 4.78 is 16.9. The lowest BCUT2D eigenvalue weighted by Gasteiger charge is -2.32. The predicted molar refractivity (Wildman–Crippen MR) is 43.7 cm³/mol. The zero-order chi connectivity index (χ0) is 8.58. The maximum absolute atomic E-state index is 5.72. The molecule has 0 aromatic carbocycles. The highest BCUT2D eigenvalue weighted by molar-refractivity contribution is 5.24. The first kappa shape index (κ1) is 6.98. The van der Waals surface area contributed by atoms with Gasteiger partial charge in [-0.25, -0.2) is 0 Å². The average molecular weight is 180 g/mol. The highest BCUT2D eigenvalue weighted by atomic mass is 16.8. The van der Waals surface area contributed by atoms with Gasteiger partial charge in [0.15, 0.2) is 12.6 Å². The largest absolute Gasteiger partial charge is 0.352 e.